The van der Waals surface area contributed by atoms with Gasteiger partial charge in [-0.2, -0.15) is 0 Å². The Balaban J connectivity index is 0. The van der Waals surface area contributed by atoms with Gasteiger partial charge < -0.3 is 10.2 Å². The number of carbonyl (C=O) groups is 1. The second-order valence-electron chi connectivity index (χ2n) is 4.17. The molecule has 0 spiro atoms. The zero-order valence-electron chi connectivity index (χ0n) is 10.5. The summed E-state index contributed by atoms with van der Waals surface area (Å²) in [6.45, 7) is 5.73. The van der Waals surface area contributed by atoms with E-state index in [1.165, 1.54) is 0 Å². The number of unbranched alkanes of at least 4 members (excludes halogenated alkanes) is 1. The van der Waals surface area contributed by atoms with Gasteiger partial charge in [-0.1, -0.05) is 6.08 Å². The molecule has 0 unspecified atom stereocenters. The zero-order valence-corrected chi connectivity index (χ0v) is 12.1. The fourth-order valence-electron chi connectivity index (χ4n) is 1.97. The maximum absolute atomic E-state index is 11.8. The summed E-state index contributed by atoms with van der Waals surface area (Å²) in [6.07, 6.45) is 6.57. The lowest BCUT2D eigenvalue weighted by atomic mass is 10.0. The van der Waals surface area contributed by atoms with E-state index in [2.05, 4.69) is 11.9 Å². The third kappa shape index (κ3) is 6.92. The predicted molar refractivity (Wildman–Crippen MR) is 77.2 cm³/mol. The van der Waals surface area contributed by atoms with Gasteiger partial charge in [-0.25, -0.2) is 0 Å². The van der Waals surface area contributed by atoms with Crippen LogP contribution >= 0.6 is 24.8 Å². The lowest BCUT2D eigenvalue weighted by Gasteiger charge is -2.31. The lowest BCUT2D eigenvalue weighted by molar-refractivity contribution is -0.132. The van der Waals surface area contributed by atoms with Crippen molar-refractivity contribution in [2.45, 2.75) is 38.1 Å². The molecule has 0 aliphatic carbocycles. The zero-order chi connectivity index (χ0) is 11.1. The number of nitrogens with zero attached hydrogens (tertiary/aromatic N) is 1. The van der Waals surface area contributed by atoms with Crippen LogP contribution in [-0.4, -0.2) is 37.0 Å². The van der Waals surface area contributed by atoms with Crippen molar-refractivity contribution in [2.75, 3.05) is 20.1 Å². The van der Waals surface area contributed by atoms with Gasteiger partial charge in [0.15, 0.2) is 0 Å². The molecule has 0 aromatic heterocycles. The van der Waals surface area contributed by atoms with Gasteiger partial charge >= 0.3 is 0 Å². The Hall–Kier alpha value is -0.250. The van der Waals surface area contributed by atoms with E-state index in [1.807, 2.05) is 18.0 Å². The molecule has 0 radical (unpaired) electrons. The topological polar surface area (TPSA) is 32.3 Å². The molecule has 0 bridgehead atoms. The van der Waals surface area contributed by atoms with Crippen LogP contribution in [0, 0.1) is 0 Å². The molecule has 102 valence electrons. The normalized spacial score (nSPS) is 15.4. The lowest BCUT2D eigenvalue weighted by Crippen LogP contribution is -2.43. The predicted octanol–water partition coefficient (Wildman–Crippen LogP) is 2.40. The first-order chi connectivity index (χ1) is 7.25. The summed E-state index contributed by atoms with van der Waals surface area (Å²) < 4.78 is 0. The highest BCUT2D eigenvalue weighted by atomic mass is 35.5. The fraction of sp³-hybridized carbons (Fsp3) is 0.750. The molecule has 1 fully saturated rings. The van der Waals surface area contributed by atoms with Crippen molar-refractivity contribution in [2.24, 2.45) is 0 Å². The van der Waals surface area contributed by atoms with Gasteiger partial charge in [0.25, 0.3) is 0 Å². The molecule has 5 heteroatoms. The van der Waals surface area contributed by atoms with Crippen molar-refractivity contribution in [3.05, 3.63) is 12.7 Å². The summed E-state index contributed by atoms with van der Waals surface area (Å²) in [5.41, 5.74) is 0. The third-order valence-electron chi connectivity index (χ3n) is 3.05. The molecule has 0 saturated carbocycles. The molecule has 0 atom stereocenters. The molecule has 1 aliphatic rings. The van der Waals surface area contributed by atoms with E-state index in [9.17, 15) is 4.79 Å². The van der Waals surface area contributed by atoms with Crippen molar-refractivity contribution in [1.82, 2.24) is 10.2 Å². The van der Waals surface area contributed by atoms with Crippen LogP contribution < -0.4 is 5.32 Å². The van der Waals surface area contributed by atoms with Crippen molar-refractivity contribution in [3.8, 4) is 0 Å². The highest BCUT2D eigenvalue weighted by Gasteiger charge is 2.20. The van der Waals surface area contributed by atoms with E-state index >= 15 is 0 Å². The first-order valence-corrected chi connectivity index (χ1v) is 5.83. The van der Waals surface area contributed by atoms with Crippen LogP contribution in [0.3, 0.4) is 0 Å². The number of nitrogens with one attached hydrogen (secondary N) is 1. The monoisotopic (exact) mass is 282 g/mol. The minimum Gasteiger partial charge on any atom is -0.343 e. The van der Waals surface area contributed by atoms with Crippen LogP contribution in [0.15, 0.2) is 12.7 Å². The summed E-state index contributed by atoms with van der Waals surface area (Å²) in [7, 11) is 1.94. The van der Waals surface area contributed by atoms with Crippen LogP contribution in [0.1, 0.15) is 32.1 Å². The highest BCUT2D eigenvalue weighted by Crippen LogP contribution is 2.12. The standard InChI is InChI=1S/C12H22N2O.2ClH/c1-3-4-5-6-12(15)14(2)11-7-9-13-10-8-11;;/h3,11,13H,1,4-10H2,2H3;2*1H. The number of piperidine rings is 1. The molecule has 0 aromatic carbocycles. The van der Waals surface area contributed by atoms with E-state index in [0.717, 1.165) is 38.8 Å². The second kappa shape index (κ2) is 10.9. The van der Waals surface area contributed by atoms with E-state index in [1.54, 1.807) is 0 Å². The molecule has 1 amide bonds. The number of rotatable bonds is 5. The number of hydrogen-bond acceptors (Lipinski definition) is 2. The van der Waals surface area contributed by atoms with Gasteiger partial charge in [0, 0.05) is 19.5 Å². The molecule has 1 rings (SSSR count). The van der Waals surface area contributed by atoms with Gasteiger partial charge in [-0.3, -0.25) is 4.79 Å². The minimum absolute atomic E-state index is 0. The van der Waals surface area contributed by atoms with Crippen molar-refractivity contribution in [1.29, 1.82) is 0 Å². The average Bonchev–Trinajstić information content (AvgIpc) is 2.29. The Morgan fingerprint density at radius 2 is 2.00 bits per heavy atom. The highest BCUT2D eigenvalue weighted by molar-refractivity contribution is 5.85. The quantitative estimate of drug-likeness (QED) is 0.620. The fourth-order valence-corrected chi connectivity index (χ4v) is 1.97. The first-order valence-electron chi connectivity index (χ1n) is 5.83. The summed E-state index contributed by atoms with van der Waals surface area (Å²) in [5, 5.41) is 3.31. The summed E-state index contributed by atoms with van der Waals surface area (Å²) in [6, 6.07) is 0.447. The Morgan fingerprint density at radius 3 is 2.53 bits per heavy atom. The van der Waals surface area contributed by atoms with Gasteiger partial charge in [-0.15, -0.1) is 31.4 Å². The maximum atomic E-state index is 11.8. The maximum Gasteiger partial charge on any atom is 0.222 e. The average molecular weight is 283 g/mol. The number of halogens is 2. The summed E-state index contributed by atoms with van der Waals surface area (Å²) in [5.74, 6) is 0.281. The molecular weight excluding hydrogens is 259 g/mol. The van der Waals surface area contributed by atoms with Crippen LogP contribution in [0.4, 0.5) is 0 Å². The van der Waals surface area contributed by atoms with E-state index in [4.69, 9.17) is 0 Å². The van der Waals surface area contributed by atoms with Gasteiger partial charge in [0.1, 0.15) is 0 Å². The summed E-state index contributed by atoms with van der Waals surface area (Å²) in [4.78, 5) is 13.7. The summed E-state index contributed by atoms with van der Waals surface area (Å²) >= 11 is 0. The molecule has 1 heterocycles. The first kappa shape index (κ1) is 19.1. The van der Waals surface area contributed by atoms with Gasteiger partial charge in [0.2, 0.25) is 5.91 Å². The molecule has 17 heavy (non-hydrogen) atoms. The van der Waals surface area contributed by atoms with E-state index in [0.29, 0.717) is 12.5 Å². The van der Waals surface area contributed by atoms with Crippen LogP contribution in [0.2, 0.25) is 0 Å². The number of hydrogen-bond donors (Lipinski definition) is 1. The Kier molecular flexibility index (Phi) is 12.2. The molecule has 0 aromatic rings. The second-order valence-corrected chi connectivity index (χ2v) is 4.17. The van der Waals surface area contributed by atoms with Crippen LogP contribution in [0.25, 0.3) is 0 Å². The van der Waals surface area contributed by atoms with E-state index in [-0.39, 0.29) is 30.7 Å². The van der Waals surface area contributed by atoms with Crippen molar-refractivity contribution in [3.63, 3.8) is 0 Å². The molecular formula is C12H24Cl2N2O. The molecule has 1 saturated heterocycles. The third-order valence-corrected chi connectivity index (χ3v) is 3.05. The Labute approximate surface area is 117 Å². The van der Waals surface area contributed by atoms with Crippen LogP contribution in [0.5, 0.6) is 0 Å². The van der Waals surface area contributed by atoms with Crippen molar-refractivity contribution >= 4 is 30.7 Å². The largest absolute Gasteiger partial charge is 0.343 e. The number of amides is 1. The number of carbonyl (C=O) groups excluding carboxylic acids is 1. The smallest absolute Gasteiger partial charge is 0.222 e. The number of allylic oxidation sites excluding steroid dienone is 1. The SMILES string of the molecule is C=CCCCC(=O)N(C)C1CCNCC1.Cl.Cl. The van der Waals surface area contributed by atoms with Crippen LogP contribution in [-0.2, 0) is 4.79 Å². The Bertz CT molecular complexity index is 219. The molecule has 3 nitrogen and oxygen atoms in total. The van der Waals surface area contributed by atoms with Crippen molar-refractivity contribution < 1.29 is 4.79 Å². The van der Waals surface area contributed by atoms with Gasteiger partial charge in [-0.05, 0) is 38.8 Å². The molecule has 1 aliphatic heterocycles. The minimum atomic E-state index is 0. The Morgan fingerprint density at radius 1 is 1.41 bits per heavy atom. The van der Waals surface area contributed by atoms with Gasteiger partial charge in [0.05, 0.1) is 0 Å². The van der Waals surface area contributed by atoms with E-state index < -0.39 is 0 Å². The molecule has 1 N–H and O–H groups in total.